The van der Waals surface area contributed by atoms with Crippen molar-refractivity contribution < 1.29 is 9.90 Å². The predicted molar refractivity (Wildman–Crippen MR) is 52.8 cm³/mol. The molecule has 1 saturated carbocycles. The highest BCUT2D eigenvalue weighted by atomic mass is 16.4. The lowest BCUT2D eigenvalue weighted by Gasteiger charge is -1.99. The molecule has 1 fully saturated rings. The number of fused-ring (bicyclic) bond motifs is 1. The van der Waals surface area contributed by atoms with E-state index in [9.17, 15) is 4.79 Å². The highest BCUT2D eigenvalue weighted by molar-refractivity contribution is 5.91. The van der Waals surface area contributed by atoms with Gasteiger partial charge in [-0.25, -0.2) is 14.5 Å². The van der Waals surface area contributed by atoms with E-state index in [-0.39, 0.29) is 5.56 Å². The van der Waals surface area contributed by atoms with E-state index in [2.05, 4.69) is 10.1 Å². The first-order valence-electron chi connectivity index (χ1n) is 4.82. The summed E-state index contributed by atoms with van der Waals surface area (Å²) in [6.07, 6.45) is 5.33. The fraction of sp³-hybridized carbons (Fsp3) is 0.300. The van der Waals surface area contributed by atoms with Crippen molar-refractivity contribution in [3.8, 4) is 0 Å². The summed E-state index contributed by atoms with van der Waals surface area (Å²) in [4.78, 5) is 14.9. The van der Waals surface area contributed by atoms with Gasteiger partial charge in [0.25, 0.3) is 0 Å². The topological polar surface area (TPSA) is 68.0 Å². The van der Waals surface area contributed by atoms with Gasteiger partial charge in [-0.2, -0.15) is 5.10 Å². The average Bonchev–Trinajstić information content (AvgIpc) is 2.98. The molecule has 0 atom stereocenters. The molecule has 15 heavy (non-hydrogen) atoms. The summed E-state index contributed by atoms with van der Waals surface area (Å²) in [5.74, 6) is -0.955. The molecule has 2 heterocycles. The first-order chi connectivity index (χ1) is 7.25. The van der Waals surface area contributed by atoms with Crippen LogP contribution in [0.1, 0.15) is 29.2 Å². The van der Waals surface area contributed by atoms with Crippen molar-refractivity contribution in [1.29, 1.82) is 0 Å². The number of hydrogen-bond donors (Lipinski definition) is 1. The molecule has 76 valence electrons. The second-order valence-electron chi connectivity index (χ2n) is 3.76. The molecule has 2 aromatic heterocycles. The maximum atomic E-state index is 10.7. The zero-order chi connectivity index (χ0) is 10.4. The van der Waals surface area contributed by atoms with Crippen molar-refractivity contribution in [3.05, 3.63) is 24.0 Å². The molecule has 0 amide bonds. The number of carboxylic acid groups (broad SMARTS) is 1. The van der Waals surface area contributed by atoms with Crippen LogP contribution < -0.4 is 0 Å². The minimum absolute atomic E-state index is 0.206. The lowest BCUT2D eigenvalue weighted by atomic mass is 10.2. The maximum Gasteiger partial charge on any atom is 0.337 e. The lowest BCUT2D eigenvalue weighted by Crippen LogP contribution is -2.00. The first-order valence-corrected chi connectivity index (χ1v) is 4.82. The molecular formula is C10H9N3O2. The summed E-state index contributed by atoms with van der Waals surface area (Å²) in [5, 5.41) is 13.8. The number of rotatable bonds is 2. The summed E-state index contributed by atoms with van der Waals surface area (Å²) >= 11 is 0. The van der Waals surface area contributed by atoms with Crippen LogP contribution in [0.4, 0.5) is 0 Å². The van der Waals surface area contributed by atoms with E-state index in [1.807, 2.05) is 4.68 Å². The van der Waals surface area contributed by atoms with Crippen LogP contribution in [0.3, 0.4) is 0 Å². The quantitative estimate of drug-likeness (QED) is 0.802. The van der Waals surface area contributed by atoms with Crippen LogP contribution in [-0.2, 0) is 0 Å². The van der Waals surface area contributed by atoms with Gasteiger partial charge in [0.05, 0.1) is 17.8 Å². The van der Waals surface area contributed by atoms with Gasteiger partial charge >= 0.3 is 5.97 Å². The smallest absolute Gasteiger partial charge is 0.337 e. The van der Waals surface area contributed by atoms with Crippen molar-refractivity contribution in [2.75, 3.05) is 0 Å². The SMILES string of the molecule is O=C(O)c1cnc2c(cnn2C2CC2)c1. The van der Waals surface area contributed by atoms with Gasteiger partial charge in [0.1, 0.15) is 0 Å². The number of nitrogens with zero attached hydrogens (tertiary/aromatic N) is 3. The van der Waals surface area contributed by atoms with E-state index >= 15 is 0 Å². The molecule has 3 rings (SSSR count). The Labute approximate surface area is 85.3 Å². The molecule has 2 aromatic rings. The highest BCUT2D eigenvalue weighted by Gasteiger charge is 2.26. The van der Waals surface area contributed by atoms with Crippen LogP contribution in [0.5, 0.6) is 0 Å². The molecular weight excluding hydrogens is 194 g/mol. The minimum atomic E-state index is -0.955. The molecule has 5 nitrogen and oxygen atoms in total. The summed E-state index contributed by atoms with van der Waals surface area (Å²) in [6, 6.07) is 2.07. The monoisotopic (exact) mass is 203 g/mol. The van der Waals surface area contributed by atoms with Crippen LogP contribution >= 0.6 is 0 Å². The second-order valence-corrected chi connectivity index (χ2v) is 3.76. The fourth-order valence-electron chi connectivity index (χ4n) is 1.64. The third-order valence-corrected chi connectivity index (χ3v) is 2.57. The largest absolute Gasteiger partial charge is 0.478 e. The van der Waals surface area contributed by atoms with Gasteiger partial charge in [-0.3, -0.25) is 0 Å². The molecule has 0 spiro atoms. The van der Waals surface area contributed by atoms with Crippen molar-refractivity contribution in [2.45, 2.75) is 18.9 Å². The van der Waals surface area contributed by atoms with Crippen molar-refractivity contribution in [1.82, 2.24) is 14.8 Å². The van der Waals surface area contributed by atoms with Crippen LogP contribution in [-0.4, -0.2) is 25.8 Å². The van der Waals surface area contributed by atoms with Crippen LogP contribution in [0.2, 0.25) is 0 Å². The van der Waals surface area contributed by atoms with E-state index in [1.165, 1.54) is 6.20 Å². The van der Waals surface area contributed by atoms with E-state index in [0.717, 1.165) is 23.9 Å². The maximum absolute atomic E-state index is 10.7. The fourth-order valence-corrected chi connectivity index (χ4v) is 1.64. The first kappa shape index (κ1) is 8.40. The van der Waals surface area contributed by atoms with Gasteiger partial charge in [0.2, 0.25) is 0 Å². The van der Waals surface area contributed by atoms with Gasteiger partial charge in [0, 0.05) is 11.6 Å². The molecule has 0 radical (unpaired) electrons. The molecule has 0 saturated heterocycles. The summed E-state index contributed by atoms with van der Waals surface area (Å²) in [7, 11) is 0. The van der Waals surface area contributed by atoms with Gasteiger partial charge in [-0.1, -0.05) is 0 Å². The van der Waals surface area contributed by atoms with Crippen LogP contribution in [0, 0.1) is 0 Å². The van der Waals surface area contributed by atoms with E-state index in [1.54, 1.807) is 12.3 Å². The number of pyridine rings is 1. The number of carboxylic acids is 1. The Hall–Kier alpha value is -1.91. The van der Waals surface area contributed by atoms with E-state index in [0.29, 0.717) is 6.04 Å². The Morgan fingerprint density at radius 2 is 2.27 bits per heavy atom. The number of hydrogen-bond acceptors (Lipinski definition) is 3. The lowest BCUT2D eigenvalue weighted by molar-refractivity contribution is 0.0696. The summed E-state index contributed by atoms with van der Waals surface area (Å²) in [6.45, 7) is 0. The number of aromatic nitrogens is 3. The molecule has 0 aromatic carbocycles. The van der Waals surface area contributed by atoms with E-state index in [4.69, 9.17) is 5.11 Å². The molecule has 5 heteroatoms. The Kier molecular flexibility index (Phi) is 1.56. The molecule has 0 bridgehead atoms. The van der Waals surface area contributed by atoms with Crippen LogP contribution in [0.15, 0.2) is 18.5 Å². The van der Waals surface area contributed by atoms with Gasteiger partial charge < -0.3 is 5.11 Å². The van der Waals surface area contributed by atoms with Crippen molar-refractivity contribution in [3.63, 3.8) is 0 Å². The van der Waals surface area contributed by atoms with Crippen molar-refractivity contribution >= 4 is 17.0 Å². The molecule has 1 aliphatic rings. The van der Waals surface area contributed by atoms with E-state index < -0.39 is 5.97 Å². The Morgan fingerprint density at radius 1 is 1.47 bits per heavy atom. The zero-order valence-electron chi connectivity index (χ0n) is 7.92. The average molecular weight is 203 g/mol. The van der Waals surface area contributed by atoms with Crippen molar-refractivity contribution in [2.24, 2.45) is 0 Å². The van der Waals surface area contributed by atoms with Crippen LogP contribution in [0.25, 0.3) is 11.0 Å². The Balaban J connectivity index is 2.17. The van der Waals surface area contributed by atoms with Gasteiger partial charge in [0.15, 0.2) is 5.65 Å². The van der Waals surface area contributed by atoms with Gasteiger partial charge in [-0.05, 0) is 18.9 Å². The predicted octanol–water partition coefficient (Wildman–Crippen LogP) is 1.46. The number of aromatic carboxylic acids is 1. The minimum Gasteiger partial charge on any atom is -0.478 e. The summed E-state index contributed by atoms with van der Waals surface area (Å²) < 4.78 is 1.88. The summed E-state index contributed by atoms with van der Waals surface area (Å²) in [5.41, 5.74) is 0.986. The van der Waals surface area contributed by atoms with Gasteiger partial charge in [-0.15, -0.1) is 0 Å². The normalized spacial score (nSPS) is 15.7. The number of carbonyl (C=O) groups is 1. The molecule has 1 N–H and O–H groups in total. The standard InChI is InChI=1S/C10H9N3O2/c14-10(15)7-3-6-5-12-13(8-1-2-8)9(6)11-4-7/h3-5,8H,1-2H2,(H,14,15). The molecule has 0 aliphatic heterocycles. The third-order valence-electron chi connectivity index (χ3n) is 2.57. The second kappa shape index (κ2) is 2.79. The molecule has 1 aliphatic carbocycles. The Bertz CT molecular complexity index is 543. The highest BCUT2D eigenvalue weighted by Crippen LogP contribution is 2.36. The zero-order valence-corrected chi connectivity index (χ0v) is 7.92. The third kappa shape index (κ3) is 1.27. The Morgan fingerprint density at radius 3 is 2.93 bits per heavy atom. The molecule has 0 unspecified atom stereocenters.